The van der Waals surface area contributed by atoms with Crippen LogP contribution in [-0.2, 0) is 14.4 Å². The number of nitrogens with zero attached hydrogens (tertiary/aromatic N) is 3. The molecule has 0 aliphatic heterocycles. The molecule has 0 aliphatic rings. The standard InChI is InChI=1S/C18H20FN3O.2CH2O/c1-12(2)16-15(6-5-11-23)17(21-18(20-16)22(3)4)13-7-9-14(19)10-8-13;2*1-2/h5-12H,1-4H3;2*1H2/b6-5+;;. The first kappa shape index (κ1) is 23.8. The Morgan fingerprint density at radius 1 is 1.04 bits per heavy atom. The molecule has 0 unspecified atom stereocenters. The van der Waals surface area contributed by atoms with Crippen molar-refractivity contribution in [3.63, 3.8) is 0 Å². The SMILES string of the molecule is C=O.C=O.CC(C)c1nc(N(C)C)nc(-c2ccc(F)cc2)c1/C=C/C=O. The van der Waals surface area contributed by atoms with E-state index in [0.29, 0.717) is 11.6 Å². The Bertz CT molecular complexity index is 758. The number of carbonyl (C=O) groups is 3. The lowest BCUT2D eigenvalue weighted by Crippen LogP contribution is -2.16. The van der Waals surface area contributed by atoms with Crippen molar-refractivity contribution in [2.75, 3.05) is 19.0 Å². The van der Waals surface area contributed by atoms with E-state index in [1.165, 1.54) is 18.2 Å². The van der Waals surface area contributed by atoms with Crippen LogP contribution in [0.5, 0.6) is 0 Å². The Labute approximate surface area is 158 Å². The van der Waals surface area contributed by atoms with Gasteiger partial charge >= 0.3 is 0 Å². The van der Waals surface area contributed by atoms with Crippen molar-refractivity contribution in [2.45, 2.75) is 19.8 Å². The van der Waals surface area contributed by atoms with Gasteiger partial charge in [0, 0.05) is 25.2 Å². The summed E-state index contributed by atoms with van der Waals surface area (Å²) < 4.78 is 13.2. The summed E-state index contributed by atoms with van der Waals surface area (Å²) in [4.78, 5) is 37.8. The molecule has 0 N–H and O–H groups in total. The van der Waals surface area contributed by atoms with Crippen LogP contribution in [0.1, 0.15) is 31.0 Å². The molecule has 0 saturated heterocycles. The van der Waals surface area contributed by atoms with E-state index in [9.17, 15) is 9.18 Å². The lowest BCUT2D eigenvalue weighted by atomic mass is 9.98. The predicted molar refractivity (Wildman–Crippen MR) is 105 cm³/mol. The van der Waals surface area contributed by atoms with Crippen LogP contribution >= 0.6 is 0 Å². The summed E-state index contributed by atoms with van der Waals surface area (Å²) in [7, 11) is 3.74. The monoisotopic (exact) mass is 373 g/mol. The van der Waals surface area contributed by atoms with Crippen LogP contribution in [-0.4, -0.2) is 43.9 Å². The highest BCUT2D eigenvalue weighted by Gasteiger charge is 2.17. The molecule has 2 rings (SSSR count). The van der Waals surface area contributed by atoms with Crippen LogP contribution < -0.4 is 4.90 Å². The molecule has 144 valence electrons. The summed E-state index contributed by atoms with van der Waals surface area (Å²) in [5.41, 5.74) is 3.10. The van der Waals surface area contributed by atoms with E-state index in [4.69, 9.17) is 9.59 Å². The zero-order valence-electron chi connectivity index (χ0n) is 16.0. The number of halogens is 1. The van der Waals surface area contributed by atoms with Gasteiger partial charge in [0.25, 0.3) is 0 Å². The van der Waals surface area contributed by atoms with Gasteiger partial charge in [-0.3, -0.25) is 4.79 Å². The highest BCUT2D eigenvalue weighted by Crippen LogP contribution is 2.30. The van der Waals surface area contributed by atoms with Crippen molar-refractivity contribution in [3.05, 3.63) is 47.4 Å². The first-order valence-corrected chi connectivity index (χ1v) is 7.98. The van der Waals surface area contributed by atoms with Gasteiger partial charge in [-0.05, 0) is 42.3 Å². The molecule has 2 aromatic rings. The molecule has 1 heterocycles. The zero-order valence-corrected chi connectivity index (χ0v) is 16.0. The Hall–Kier alpha value is -3.22. The topological polar surface area (TPSA) is 80.2 Å². The number of hydrogen-bond donors (Lipinski definition) is 0. The van der Waals surface area contributed by atoms with Gasteiger partial charge in [-0.1, -0.05) is 13.8 Å². The Morgan fingerprint density at radius 3 is 2.04 bits per heavy atom. The van der Waals surface area contributed by atoms with Gasteiger partial charge in [0.05, 0.1) is 11.4 Å². The number of benzene rings is 1. The molecule has 0 amide bonds. The Kier molecular flexibility index (Phi) is 10.7. The minimum absolute atomic E-state index is 0.155. The van der Waals surface area contributed by atoms with Crippen molar-refractivity contribution in [1.82, 2.24) is 9.97 Å². The third-order valence-corrected chi connectivity index (χ3v) is 3.37. The second-order valence-corrected chi connectivity index (χ2v) is 5.72. The second-order valence-electron chi connectivity index (χ2n) is 5.72. The summed E-state index contributed by atoms with van der Waals surface area (Å²) >= 11 is 0. The zero-order chi connectivity index (χ0) is 21.0. The van der Waals surface area contributed by atoms with E-state index in [2.05, 4.69) is 9.97 Å². The molecule has 0 bridgehead atoms. The fourth-order valence-electron chi connectivity index (χ4n) is 2.24. The molecule has 0 saturated carbocycles. The third-order valence-electron chi connectivity index (χ3n) is 3.37. The largest absolute Gasteiger partial charge is 0.347 e. The van der Waals surface area contributed by atoms with Gasteiger partial charge < -0.3 is 14.5 Å². The molecule has 27 heavy (non-hydrogen) atoms. The molecule has 6 nitrogen and oxygen atoms in total. The van der Waals surface area contributed by atoms with Crippen molar-refractivity contribution in [1.29, 1.82) is 0 Å². The first-order valence-electron chi connectivity index (χ1n) is 7.98. The summed E-state index contributed by atoms with van der Waals surface area (Å²) in [5, 5.41) is 0. The lowest BCUT2D eigenvalue weighted by molar-refractivity contribution is -0.104. The number of carbonyl (C=O) groups excluding carboxylic acids is 3. The van der Waals surface area contributed by atoms with Crippen molar-refractivity contribution in [2.24, 2.45) is 0 Å². The van der Waals surface area contributed by atoms with Gasteiger partial charge in [-0.15, -0.1) is 0 Å². The van der Waals surface area contributed by atoms with Crippen LogP contribution in [0.25, 0.3) is 17.3 Å². The minimum Gasteiger partial charge on any atom is -0.347 e. The van der Waals surface area contributed by atoms with Crippen molar-refractivity contribution >= 4 is 31.9 Å². The highest BCUT2D eigenvalue weighted by molar-refractivity contribution is 5.81. The second kappa shape index (κ2) is 12.2. The normalized spacial score (nSPS) is 9.85. The van der Waals surface area contributed by atoms with Crippen LogP contribution in [0.4, 0.5) is 10.3 Å². The molecule has 1 aromatic carbocycles. The predicted octanol–water partition coefficient (Wildman–Crippen LogP) is 3.31. The number of anilines is 1. The van der Waals surface area contributed by atoms with Crippen LogP contribution in [0.3, 0.4) is 0 Å². The van der Waals surface area contributed by atoms with Gasteiger partial charge in [-0.25, -0.2) is 14.4 Å². The molecule has 0 atom stereocenters. The van der Waals surface area contributed by atoms with Crippen molar-refractivity contribution in [3.8, 4) is 11.3 Å². The van der Waals surface area contributed by atoms with E-state index in [1.54, 1.807) is 18.2 Å². The van der Waals surface area contributed by atoms with Gasteiger partial charge in [0.2, 0.25) is 5.95 Å². The molecule has 0 spiro atoms. The number of hydrogen-bond acceptors (Lipinski definition) is 6. The van der Waals surface area contributed by atoms with E-state index < -0.39 is 0 Å². The minimum atomic E-state index is -0.301. The Balaban J connectivity index is 0.00000158. The number of aromatic nitrogens is 2. The average molecular weight is 373 g/mol. The van der Waals surface area contributed by atoms with Crippen LogP contribution in [0.2, 0.25) is 0 Å². The van der Waals surface area contributed by atoms with Gasteiger partial charge in [-0.2, -0.15) is 0 Å². The number of aldehydes is 1. The van der Waals surface area contributed by atoms with E-state index in [1.807, 2.05) is 46.4 Å². The molecule has 7 heteroatoms. The smallest absolute Gasteiger partial charge is 0.225 e. The van der Waals surface area contributed by atoms with Gasteiger partial charge in [0.15, 0.2) is 0 Å². The molecule has 0 radical (unpaired) electrons. The van der Waals surface area contributed by atoms with Gasteiger partial charge in [0.1, 0.15) is 25.7 Å². The molecule has 0 aliphatic carbocycles. The summed E-state index contributed by atoms with van der Waals surface area (Å²) in [6.45, 7) is 8.07. The van der Waals surface area contributed by atoms with Crippen LogP contribution in [0, 0.1) is 5.82 Å². The lowest BCUT2D eigenvalue weighted by Gasteiger charge is -2.18. The summed E-state index contributed by atoms with van der Waals surface area (Å²) in [5.74, 6) is 0.434. The average Bonchev–Trinajstić information content (AvgIpc) is 2.69. The maximum atomic E-state index is 13.2. The van der Waals surface area contributed by atoms with E-state index in [-0.39, 0.29) is 11.7 Å². The molecule has 1 aromatic heterocycles. The van der Waals surface area contributed by atoms with E-state index >= 15 is 0 Å². The van der Waals surface area contributed by atoms with E-state index in [0.717, 1.165) is 23.1 Å². The van der Waals surface area contributed by atoms with Crippen molar-refractivity contribution < 1.29 is 18.8 Å². The maximum Gasteiger partial charge on any atom is 0.225 e. The number of allylic oxidation sites excluding steroid dienone is 1. The third kappa shape index (κ3) is 6.54. The summed E-state index contributed by atoms with van der Waals surface area (Å²) in [6, 6.07) is 6.16. The quantitative estimate of drug-likeness (QED) is 0.591. The molecular formula is C20H24FN3O3. The summed E-state index contributed by atoms with van der Waals surface area (Å²) in [6.07, 6.45) is 3.85. The molecular weight excluding hydrogens is 349 g/mol. The Morgan fingerprint density at radius 2 is 1.59 bits per heavy atom. The molecule has 0 fully saturated rings. The van der Waals surface area contributed by atoms with Crippen LogP contribution in [0.15, 0.2) is 30.3 Å². The number of rotatable bonds is 5. The highest BCUT2D eigenvalue weighted by atomic mass is 19.1. The fourth-order valence-corrected chi connectivity index (χ4v) is 2.24. The fraction of sp³-hybridized carbons (Fsp3) is 0.250. The first-order chi connectivity index (χ1) is 12.9. The maximum absolute atomic E-state index is 13.2.